The number of hydrogen-bond donors (Lipinski definition) is 1. The standard InChI is InChI=1S/C16H19N5/c1-12-10-13(2)21(20-12)9-5-8-17-16-11-18-19-15-7-4-3-6-14(15)16/h3-4,6-7,10-11H,5,8-9H2,1-2H3,(H,17,19). The van der Waals surface area contributed by atoms with Crippen LogP contribution in [0, 0.1) is 13.8 Å². The highest BCUT2D eigenvalue weighted by Crippen LogP contribution is 2.19. The molecule has 0 bridgehead atoms. The number of aryl methyl sites for hydroxylation is 3. The van der Waals surface area contributed by atoms with E-state index in [0.717, 1.165) is 41.8 Å². The maximum atomic E-state index is 4.47. The van der Waals surface area contributed by atoms with Gasteiger partial charge in [0.05, 0.1) is 23.1 Å². The Morgan fingerprint density at radius 1 is 1.19 bits per heavy atom. The van der Waals surface area contributed by atoms with Crippen molar-refractivity contribution in [3.8, 4) is 0 Å². The molecule has 3 rings (SSSR count). The maximum Gasteiger partial charge on any atom is 0.0950 e. The largest absolute Gasteiger partial charge is 0.383 e. The molecule has 0 spiro atoms. The van der Waals surface area contributed by atoms with Gasteiger partial charge in [0, 0.05) is 24.2 Å². The number of nitrogens with zero attached hydrogens (tertiary/aromatic N) is 4. The van der Waals surface area contributed by atoms with E-state index in [1.165, 1.54) is 5.69 Å². The van der Waals surface area contributed by atoms with Gasteiger partial charge >= 0.3 is 0 Å². The quantitative estimate of drug-likeness (QED) is 0.731. The second kappa shape index (κ2) is 5.91. The predicted molar refractivity (Wildman–Crippen MR) is 84.3 cm³/mol. The van der Waals surface area contributed by atoms with Gasteiger partial charge in [-0.3, -0.25) is 4.68 Å². The number of nitrogens with one attached hydrogen (secondary N) is 1. The second-order valence-corrected chi connectivity index (χ2v) is 5.21. The Balaban J connectivity index is 1.61. The predicted octanol–water partition coefficient (Wildman–Crippen LogP) is 2.95. The Morgan fingerprint density at radius 3 is 2.86 bits per heavy atom. The molecule has 0 unspecified atom stereocenters. The summed E-state index contributed by atoms with van der Waals surface area (Å²) >= 11 is 0. The Bertz CT molecular complexity index is 742. The molecule has 1 aromatic carbocycles. The van der Waals surface area contributed by atoms with Crippen molar-refractivity contribution in [1.29, 1.82) is 0 Å². The Kier molecular flexibility index (Phi) is 3.81. The lowest BCUT2D eigenvalue weighted by molar-refractivity contribution is 0.574. The molecule has 5 nitrogen and oxygen atoms in total. The van der Waals surface area contributed by atoms with Gasteiger partial charge in [-0.2, -0.15) is 15.3 Å². The van der Waals surface area contributed by atoms with Gasteiger partial charge < -0.3 is 5.32 Å². The van der Waals surface area contributed by atoms with Gasteiger partial charge in [-0.05, 0) is 32.4 Å². The summed E-state index contributed by atoms with van der Waals surface area (Å²) in [7, 11) is 0. The molecule has 0 amide bonds. The fourth-order valence-corrected chi connectivity index (χ4v) is 2.50. The average molecular weight is 281 g/mol. The lowest BCUT2D eigenvalue weighted by atomic mass is 10.2. The van der Waals surface area contributed by atoms with Crippen molar-refractivity contribution >= 4 is 16.6 Å². The molecule has 2 heterocycles. The van der Waals surface area contributed by atoms with Crippen LogP contribution < -0.4 is 5.32 Å². The van der Waals surface area contributed by atoms with Crippen molar-refractivity contribution in [2.75, 3.05) is 11.9 Å². The van der Waals surface area contributed by atoms with Crippen molar-refractivity contribution in [1.82, 2.24) is 20.0 Å². The molecule has 108 valence electrons. The molecule has 0 aliphatic carbocycles. The van der Waals surface area contributed by atoms with E-state index in [1.54, 1.807) is 6.20 Å². The summed E-state index contributed by atoms with van der Waals surface area (Å²) in [6.45, 7) is 5.92. The van der Waals surface area contributed by atoms with E-state index < -0.39 is 0 Å². The fourth-order valence-electron chi connectivity index (χ4n) is 2.50. The van der Waals surface area contributed by atoms with E-state index >= 15 is 0 Å². The zero-order valence-corrected chi connectivity index (χ0v) is 12.4. The van der Waals surface area contributed by atoms with E-state index in [4.69, 9.17) is 0 Å². The molecular formula is C16H19N5. The number of fused-ring (bicyclic) bond motifs is 1. The first-order valence-electron chi connectivity index (χ1n) is 7.19. The van der Waals surface area contributed by atoms with Crippen LogP contribution in [0.3, 0.4) is 0 Å². The number of anilines is 1. The summed E-state index contributed by atoms with van der Waals surface area (Å²) < 4.78 is 2.06. The van der Waals surface area contributed by atoms with Crippen LogP contribution in [-0.2, 0) is 6.54 Å². The smallest absolute Gasteiger partial charge is 0.0950 e. The summed E-state index contributed by atoms with van der Waals surface area (Å²) in [5.41, 5.74) is 4.24. The molecule has 0 aliphatic heterocycles. The highest BCUT2D eigenvalue weighted by Gasteiger charge is 2.03. The van der Waals surface area contributed by atoms with Crippen LogP contribution in [0.1, 0.15) is 17.8 Å². The summed E-state index contributed by atoms with van der Waals surface area (Å²) in [5, 5.41) is 17.2. The van der Waals surface area contributed by atoms with Gasteiger partial charge in [-0.25, -0.2) is 0 Å². The van der Waals surface area contributed by atoms with Crippen LogP contribution in [0.4, 0.5) is 5.69 Å². The topological polar surface area (TPSA) is 55.6 Å². The van der Waals surface area contributed by atoms with Crippen LogP contribution in [0.15, 0.2) is 36.5 Å². The van der Waals surface area contributed by atoms with Gasteiger partial charge in [0.25, 0.3) is 0 Å². The van der Waals surface area contributed by atoms with Crippen molar-refractivity contribution in [3.05, 3.63) is 47.9 Å². The summed E-state index contributed by atoms with van der Waals surface area (Å²) in [4.78, 5) is 0. The Hall–Kier alpha value is -2.43. The van der Waals surface area contributed by atoms with E-state index in [-0.39, 0.29) is 0 Å². The number of benzene rings is 1. The molecule has 5 heteroatoms. The molecule has 2 aromatic heterocycles. The maximum absolute atomic E-state index is 4.47. The lowest BCUT2D eigenvalue weighted by Gasteiger charge is -2.09. The summed E-state index contributed by atoms with van der Waals surface area (Å²) in [6, 6.07) is 10.1. The molecule has 0 radical (unpaired) electrons. The third-order valence-corrected chi connectivity index (χ3v) is 3.51. The van der Waals surface area contributed by atoms with Gasteiger partial charge in [-0.15, -0.1) is 0 Å². The lowest BCUT2D eigenvalue weighted by Crippen LogP contribution is -2.09. The van der Waals surface area contributed by atoms with Gasteiger partial charge in [0.15, 0.2) is 0 Å². The van der Waals surface area contributed by atoms with Crippen LogP contribution >= 0.6 is 0 Å². The normalized spacial score (nSPS) is 11.0. The van der Waals surface area contributed by atoms with E-state index in [9.17, 15) is 0 Å². The molecular weight excluding hydrogens is 262 g/mol. The number of rotatable bonds is 5. The van der Waals surface area contributed by atoms with Crippen molar-refractivity contribution in [2.24, 2.45) is 0 Å². The Labute approximate surface area is 124 Å². The van der Waals surface area contributed by atoms with Crippen LogP contribution in [-0.4, -0.2) is 26.5 Å². The summed E-state index contributed by atoms with van der Waals surface area (Å²) in [5.74, 6) is 0. The number of hydrogen-bond acceptors (Lipinski definition) is 4. The van der Waals surface area contributed by atoms with Crippen LogP contribution in [0.2, 0.25) is 0 Å². The first kappa shape index (κ1) is 13.5. The van der Waals surface area contributed by atoms with E-state index in [2.05, 4.69) is 44.4 Å². The molecule has 0 atom stereocenters. The third-order valence-electron chi connectivity index (χ3n) is 3.51. The molecule has 1 N–H and O–H groups in total. The van der Waals surface area contributed by atoms with Gasteiger partial charge in [-0.1, -0.05) is 18.2 Å². The summed E-state index contributed by atoms with van der Waals surface area (Å²) in [6.07, 6.45) is 2.80. The van der Waals surface area contributed by atoms with Crippen LogP contribution in [0.5, 0.6) is 0 Å². The van der Waals surface area contributed by atoms with Crippen molar-refractivity contribution < 1.29 is 0 Å². The third kappa shape index (κ3) is 3.02. The zero-order valence-electron chi connectivity index (χ0n) is 12.4. The van der Waals surface area contributed by atoms with E-state index in [1.807, 2.05) is 25.1 Å². The monoisotopic (exact) mass is 281 g/mol. The van der Waals surface area contributed by atoms with Crippen molar-refractivity contribution in [2.45, 2.75) is 26.8 Å². The minimum absolute atomic E-state index is 0.883. The molecule has 3 aromatic rings. The van der Waals surface area contributed by atoms with Crippen molar-refractivity contribution in [3.63, 3.8) is 0 Å². The van der Waals surface area contributed by atoms with Gasteiger partial charge in [0.1, 0.15) is 0 Å². The SMILES string of the molecule is Cc1cc(C)n(CCCNc2cnnc3ccccc23)n1. The number of aromatic nitrogens is 4. The Morgan fingerprint density at radius 2 is 2.05 bits per heavy atom. The molecule has 0 saturated heterocycles. The van der Waals surface area contributed by atoms with Crippen LogP contribution in [0.25, 0.3) is 10.9 Å². The molecule has 0 fully saturated rings. The molecule has 0 saturated carbocycles. The zero-order chi connectivity index (χ0) is 14.7. The van der Waals surface area contributed by atoms with Gasteiger partial charge in [0.2, 0.25) is 0 Å². The highest BCUT2D eigenvalue weighted by atomic mass is 15.3. The van der Waals surface area contributed by atoms with E-state index in [0.29, 0.717) is 0 Å². The fraction of sp³-hybridized carbons (Fsp3) is 0.312. The average Bonchev–Trinajstić information content (AvgIpc) is 2.82. The minimum atomic E-state index is 0.883. The highest BCUT2D eigenvalue weighted by molar-refractivity contribution is 5.90. The second-order valence-electron chi connectivity index (χ2n) is 5.21. The molecule has 21 heavy (non-hydrogen) atoms. The first-order chi connectivity index (χ1) is 10.2. The first-order valence-corrected chi connectivity index (χ1v) is 7.19. The minimum Gasteiger partial charge on any atom is -0.383 e. The molecule has 0 aliphatic rings.